The van der Waals surface area contributed by atoms with Crippen molar-refractivity contribution in [3.63, 3.8) is 0 Å². The molecule has 3 nitrogen and oxygen atoms in total. The van der Waals surface area contributed by atoms with Crippen molar-refractivity contribution >= 4 is 28.9 Å². The first-order chi connectivity index (χ1) is 13.2. The lowest BCUT2D eigenvalue weighted by Crippen LogP contribution is -2.33. The van der Waals surface area contributed by atoms with Gasteiger partial charge in [-0.3, -0.25) is 0 Å². The fraction of sp³-hybridized carbons (Fsp3) is 0.455. The van der Waals surface area contributed by atoms with Crippen molar-refractivity contribution in [3.05, 3.63) is 51.0 Å². The number of nitrogens with one attached hydrogen (secondary N) is 1. The van der Waals surface area contributed by atoms with Crippen LogP contribution in [-0.4, -0.2) is 39.9 Å². The van der Waals surface area contributed by atoms with Crippen molar-refractivity contribution in [3.8, 4) is 11.1 Å². The van der Waals surface area contributed by atoms with Gasteiger partial charge in [0.15, 0.2) is 0 Å². The summed E-state index contributed by atoms with van der Waals surface area (Å²) in [5.74, 6) is 0. The van der Waals surface area contributed by atoms with Crippen molar-refractivity contribution in [1.29, 1.82) is 0 Å². The third-order valence-electron chi connectivity index (χ3n) is 5.67. The van der Waals surface area contributed by atoms with Gasteiger partial charge in [-0.1, -0.05) is 35.3 Å². The standard InChI is InChI=1S/C22H26Cl2N2O/c1-27-12-11-26-10-2-3-17-13-15-6-8-25-9-7-18(15)21(22(17)26)16-4-5-19(23)20(24)14-16/h4-5,13-14,25H,2-3,6-12H2,1H3. The van der Waals surface area contributed by atoms with Gasteiger partial charge in [-0.15, -0.1) is 0 Å². The highest BCUT2D eigenvalue weighted by Gasteiger charge is 2.26. The summed E-state index contributed by atoms with van der Waals surface area (Å²) >= 11 is 12.6. The first-order valence-electron chi connectivity index (χ1n) is 9.76. The molecule has 4 rings (SSSR count). The summed E-state index contributed by atoms with van der Waals surface area (Å²) in [4.78, 5) is 2.50. The summed E-state index contributed by atoms with van der Waals surface area (Å²) in [7, 11) is 1.77. The molecule has 0 fully saturated rings. The van der Waals surface area contributed by atoms with E-state index in [9.17, 15) is 0 Å². The van der Waals surface area contributed by atoms with E-state index in [1.165, 1.54) is 39.9 Å². The Hall–Kier alpha value is -1.26. The summed E-state index contributed by atoms with van der Waals surface area (Å²) in [6.45, 7) is 4.77. The van der Waals surface area contributed by atoms with E-state index < -0.39 is 0 Å². The third-order valence-corrected chi connectivity index (χ3v) is 6.40. The van der Waals surface area contributed by atoms with E-state index in [4.69, 9.17) is 27.9 Å². The van der Waals surface area contributed by atoms with Crippen LogP contribution in [0.1, 0.15) is 23.1 Å². The predicted octanol–water partition coefficient (Wildman–Crippen LogP) is 4.75. The van der Waals surface area contributed by atoms with E-state index in [0.717, 1.165) is 52.0 Å². The molecule has 5 heteroatoms. The number of nitrogens with zero attached hydrogens (tertiary/aromatic N) is 1. The number of methoxy groups -OCH3 is 1. The van der Waals surface area contributed by atoms with Gasteiger partial charge in [-0.25, -0.2) is 0 Å². The van der Waals surface area contributed by atoms with Crippen LogP contribution in [0, 0.1) is 0 Å². The minimum absolute atomic E-state index is 0.606. The number of hydrogen-bond acceptors (Lipinski definition) is 3. The van der Waals surface area contributed by atoms with Gasteiger partial charge in [0.05, 0.1) is 16.7 Å². The molecule has 0 amide bonds. The van der Waals surface area contributed by atoms with Crippen LogP contribution in [0.3, 0.4) is 0 Å². The van der Waals surface area contributed by atoms with E-state index in [2.05, 4.69) is 22.3 Å². The highest BCUT2D eigenvalue weighted by atomic mass is 35.5. The highest BCUT2D eigenvalue weighted by molar-refractivity contribution is 6.42. The zero-order chi connectivity index (χ0) is 18.8. The SMILES string of the molecule is COCCN1CCCc2cc3c(c(-c4ccc(Cl)c(Cl)c4)c21)CCNCC3. The molecule has 0 spiro atoms. The third kappa shape index (κ3) is 3.84. The van der Waals surface area contributed by atoms with Crippen LogP contribution in [0.2, 0.25) is 10.0 Å². The molecule has 2 aliphatic rings. The van der Waals surface area contributed by atoms with Gasteiger partial charge in [0.25, 0.3) is 0 Å². The van der Waals surface area contributed by atoms with E-state index in [-0.39, 0.29) is 0 Å². The maximum Gasteiger partial charge on any atom is 0.0637 e. The van der Waals surface area contributed by atoms with Crippen molar-refractivity contribution in [2.75, 3.05) is 44.8 Å². The van der Waals surface area contributed by atoms with Gasteiger partial charge in [0.1, 0.15) is 0 Å². The number of aryl methyl sites for hydroxylation is 1. The van der Waals surface area contributed by atoms with Gasteiger partial charge in [0.2, 0.25) is 0 Å². The normalized spacial score (nSPS) is 16.6. The summed E-state index contributed by atoms with van der Waals surface area (Å²) in [6.07, 6.45) is 4.44. The van der Waals surface area contributed by atoms with E-state index in [0.29, 0.717) is 10.0 Å². The summed E-state index contributed by atoms with van der Waals surface area (Å²) < 4.78 is 5.38. The van der Waals surface area contributed by atoms with Gasteiger partial charge < -0.3 is 15.0 Å². The van der Waals surface area contributed by atoms with E-state index in [1.54, 1.807) is 7.11 Å². The zero-order valence-corrected chi connectivity index (χ0v) is 17.3. The number of rotatable bonds is 4. The Balaban J connectivity index is 1.93. The molecule has 0 radical (unpaired) electrons. The van der Waals surface area contributed by atoms with E-state index in [1.807, 2.05) is 12.1 Å². The fourth-order valence-corrected chi connectivity index (χ4v) is 4.71. The van der Waals surface area contributed by atoms with Crippen LogP contribution in [0.4, 0.5) is 5.69 Å². The number of halogens is 2. The number of ether oxygens (including phenoxy) is 1. The van der Waals surface area contributed by atoms with Crippen molar-refractivity contribution in [1.82, 2.24) is 5.32 Å². The Bertz CT molecular complexity index is 838. The minimum atomic E-state index is 0.606. The molecular weight excluding hydrogens is 379 g/mol. The van der Waals surface area contributed by atoms with E-state index >= 15 is 0 Å². The summed E-state index contributed by atoms with van der Waals surface area (Å²) in [5.41, 5.74) is 8.29. The molecule has 2 aromatic rings. The molecule has 0 bridgehead atoms. The topological polar surface area (TPSA) is 24.5 Å². The van der Waals surface area contributed by atoms with Gasteiger partial charge >= 0.3 is 0 Å². The summed E-state index contributed by atoms with van der Waals surface area (Å²) in [5, 5.41) is 4.77. The Morgan fingerprint density at radius 1 is 1.04 bits per heavy atom. The number of anilines is 1. The lowest BCUT2D eigenvalue weighted by atomic mass is 9.85. The van der Waals surface area contributed by atoms with Crippen molar-refractivity contribution < 1.29 is 4.74 Å². The van der Waals surface area contributed by atoms with Crippen LogP contribution >= 0.6 is 23.2 Å². The maximum atomic E-state index is 6.40. The molecule has 0 saturated heterocycles. The Morgan fingerprint density at radius 2 is 1.89 bits per heavy atom. The second-order valence-corrected chi connectivity index (χ2v) is 8.17. The van der Waals surface area contributed by atoms with Gasteiger partial charge in [0, 0.05) is 31.5 Å². The van der Waals surface area contributed by atoms with Crippen LogP contribution < -0.4 is 10.2 Å². The Labute approximate surface area is 171 Å². The number of fused-ring (bicyclic) bond motifs is 2. The minimum Gasteiger partial charge on any atom is -0.383 e. The first-order valence-corrected chi connectivity index (χ1v) is 10.5. The molecule has 2 aliphatic heterocycles. The fourth-order valence-electron chi connectivity index (χ4n) is 4.41. The molecule has 0 aromatic heterocycles. The Morgan fingerprint density at radius 3 is 2.70 bits per heavy atom. The van der Waals surface area contributed by atoms with Crippen LogP contribution in [0.25, 0.3) is 11.1 Å². The summed E-state index contributed by atoms with van der Waals surface area (Å²) in [6, 6.07) is 8.52. The second-order valence-electron chi connectivity index (χ2n) is 7.36. The van der Waals surface area contributed by atoms with Crippen LogP contribution in [-0.2, 0) is 24.0 Å². The largest absolute Gasteiger partial charge is 0.383 e. The average Bonchev–Trinajstić information content (AvgIpc) is 2.92. The monoisotopic (exact) mass is 404 g/mol. The molecule has 0 atom stereocenters. The molecule has 2 aromatic carbocycles. The first kappa shape index (κ1) is 19.1. The van der Waals surface area contributed by atoms with Crippen LogP contribution in [0.5, 0.6) is 0 Å². The lowest BCUT2D eigenvalue weighted by molar-refractivity contribution is 0.205. The second kappa shape index (κ2) is 8.40. The lowest BCUT2D eigenvalue weighted by Gasteiger charge is -2.35. The van der Waals surface area contributed by atoms with Gasteiger partial charge in [-0.05, 0) is 73.2 Å². The maximum absolute atomic E-state index is 6.40. The average molecular weight is 405 g/mol. The molecule has 0 aliphatic carbocycles. The molecule has 144 valence electrons. The molecule has 0 saturated carbocycles. The van der Waals surface area contributed by atoms with Crippen molar-refractivity contribution in [2.24, 2.45) is 0 Å². The quantitative estimate of drug-likeness (QED) is 0.795. The molecule has 27 heavy (non-hydrogen) atoms. The van der Waals surface area contributed by atoms with Crippen molar-refractivity contribution in [2.45, 2.75) is 25.7 Å². The molecular formula is C22H26Cl2N2O. The smallest absolute Gasteiger partial charge is 0.0637 e. The molecule has 1 N–H and O–H groups in total. The molecule has 0 unspecified atom stereocenters. The van der Waals surface area contributed by atoms with Crippen LogP contribution in [0.15, 0.2) is 24.3 Å². The Kier molecular flexibility index (Phi) is 5.93. The number of hydrogen-bond donors (Lipinski definition) is 1. The zero-order valence-electron chi connectivity index (χ0n) is 15.8. The number of benzene rings is 2. The predicted molar refractivity (Wildman–Crippen MR) is 115 cm³/mol. The molecule has 2 heterocycles. The van der Waals surface area contributed by atoms with Gasteiger partial charge in [-0.2, -0.15) is 0 Å². The highest BCUT2D eigenvalue weighted by Crippen LogP contribution is 2.43.